The quantitative estimate of drug-likeness (QED) is 0.768. The highest BCUT2D eigenvalue weighted by Gasteiger charge is 2.15. The molecule has 0 saturated heterocycles. The third-order valence-corrected chi connectivity index (χ3v) is 3.20. The molecular formula is C15H14N4O3. The van der Waals surface area contributed by atoms with Crippen LogP contribution in [-0.4, -0.2) is 27.6 Å². The molecule has 2 N–H and O–H groups in total. The number of H-pyrrole nitrogens is 1. The molecule has 3 rings (SSSR count). The van der Waals surface area contributed by atoms with E-state index in [9.17, 15) is 9.59 Å². The number of aromatic nitrogens is 3. The van der Waals surface area contributed by atoms with Crippen LogP contribution < -0.4 is 15.6 Å². The van der Waals surface area contributed by atoms with Crippen molar-refractivity contribution in [2.75, 3.05) is 12.4 Å². The number of aromatic amines is 1. The zero-order valence-electron chi connectivity index (χ0n) is 12.1. The number of rotatable bonds is 3. The van der Waals surface area contributed by atoms with Gasteiger partial charge in [0.05, 0.1) is 7.11 Å². The molecule has 0 atom stereocenters. The summed E-state index contributed by atoms with van der Waals surface area (Å²) in [6.45, 7) is 1.71. The molecule has 22 heavy (non-hydrogen) atoms. The maximum Gasteiger partial charge on any atom is 0.272 e. The van der Waals surface area contributed by atoms with Crippen molar-refractivity contribution in [2.45, 2.75) is 6.92 Å². The number of fused-ring (bicyclic) bond motifs is 1. The van der Waals surface area contributed by atoms with Crippen molar-refractivity contribution in [2.24, 2.45) is 0 Å². The second kappa shape index (κ2) is 5.36. The number of carbonyl (C=O) groups excluding carboxylic acids is 1. The predicted molar refractivity (Wildman–Crippen MR) is 81.5 cm³/mol. The molecule has 0 aliphatic heterocycles. The van der Waals surface area contributed by atoms with E-state index in [1.54, 1.807) is 38.3 Å². The summed E-state index contributed by atoms with van der Waals surface area (Å²) in [6, 6.07) is 8.41. The van der Waals surface area contributed by atoms with E-state index in [2.05, 4.69) is 15.4 Å². The topological polar surface area (TPSA) is 88.5 Å². The van der Waals surface area contributed by atoms with Gasteiger partial charge in [0.2, 0.25) is 0 Å². The third kappa shape index (κ3) is 2.44. The molecule has 0 unspecified atom stereocenters. The Bertz CT molecular complexity index is 911. The smallest absolute Gasteiger partial charge is 0.272 e. The Morgan fingerprint density at radius 3 is 2.95 bits per heavy atom. The van der Waals surface area contributed by atoms with Gasteiger partial charge in [0.15, 0.2) is 5.65 Å². The second-order valence-electron chi connectivity index (χ2n) is 4.77. The lowest BCUT2D eigenvalue weighted by Gasteiger charge is -2.06. The number of benzene rings is 1. The molecule has 7 heteroatoms. The highest BCUT2D eigenvalue weighted by Crippen LogP contribution is 2.18. The Labute approximate surface area is 125 Å². The Morgan fingerprint density at radius 2 is 2.18 bits per heavy atom. The molecule has 0 radical (unpaired) electrons. The first kappa shape index (κ1) is 13.9. The molecule has 7 nitrogen and oxygen atoms in total. The van der Waals surface area contributed by atoms with Gasteiger partial charge < -0.3 is 10.1 Å². The SMILES string of the molecule is COc1cccc(NC(=O)c2c[nH]n3c(=O)cc(C)nc23)c1. The minimum Gasteiger partial charge on any atom is -0.497 e. The van der Waals surface area contributed by atoms with Crippen molar-refractivity contribution in [3.63, 3.8) is 0 Å². The number of hydrogen-bond acceptors (Lipinski definition) is 4. The minimum absolute atomic E-state index is 0.261. The average Bonchev–Trinajstić information content (AvgIpc) is 2.91. The first-order chi connectivity index (χ1) is 10.6. The van der Waals surface area contributed by atoms with E-state index in [0.717, 1.165) is 0 Å². The Morgan fingerprint density at radius 1 is 1.36 bits per heavy atom. The van der Waals surface area contributed by atoms with Crippen molar-refractivity contribution in [1.82, 2.24) is 14.6 Å². The van der Waals surface area contributed by atoms with Crippen molar-refractivity contribution in [1.29, 1.82) is 0 Å². The van der Waals surface area contributed by atoms with Gasteiger partial charge in [-0.25, -0.2) is 9.50 Å². The number of anilines is 1. The van der Waals surface area contributed by atoms with E-state index in [-0.39, 0.29) is 11.5 Å². The molecule has 2 aromatic heterocycles. The molecule has 0 spiro atoms. The fraction of sp³-hybridized carbons (Fsp3) is 0.133. The average molecular weight is 298 g/mol. The number of methoxy groups -OCH3 is 1. The molecule has 2 heterocycles. The van der Waals surface area contributed by atoms with E-state index in [4.69, 9.17) is 4.74 Å². The Kier molecular flexibility index (Phi) is 3.38. The normalized spacial score (nSPS) is 10.6. The largest absolute Gasteiger partial charge is 0.497 e. The lowest BCUT2D eigenvalue weighted by Crippen LogP contribution is -2.16. The van der Waals surface area contributed by atoms with Crippen LogP contribution >= 0.6 is 0 Å². The summed E-state index contributed by atoms with van der Waals surface area (Å²) >= 11 is 0. The summed E-state index contributed by atoms with van der Waals surface area (Å²) in [4.78, 5) is 28.4. The van der Waals surface area contributed by atoms with Gasteiger partial charge in [-0.2, -0.15) is 0 Å². The summed E-state index contributed by atoms with van der Waals surface area (Å²) in [5, 5.41) is 5.48. The molecule has 0 aliphatic carbocycles. The van der Waals surface area contributed by atoms with Gasteiger partial charge in [-0.1, -0.05) is 6.07 Å². The van der Waals surface area contributed by atoms with Gasteiger partial charge in [0, 0.05) is 29.7 Å². The zero-order chi connectivity index (χ0) is 15.7. The van der Waals surface area contributed by atoms with Gasteiger partial charge in [0.1, 0.15) is 11.3 Å². The molecule has 0 fully saturated rings. The number of amides is 1. The summed E-state index contributed by atoms with van der Waals surface area (Å²) < 4.78 is 6.34. The van der Waals surface area contributed by atoms with Crippen LogP contribution in [0.15, 0.2) is 41.3 Å². The van der Waals surface area contributed by atoms with Crippen LogP contribution in [0.2, 0.25) is 0 Å². The monoisotopic (exact) mass is 298 g/mol. The third-order valence-electron chi connectivity index (χ3n) is 3.20. The molecule has 1 aromatic carbocycles. The molecule has 0 aliphatic rings. The van der Waals surface area contributed by atoms with Crippen molar-refractivity contribution in [3.8, 4) is 5.75 Å². The van der Waals surface area contributed by atoms with Crippen molar-refractivity contribution < 1.29 is 9.53 Å². The van der Waals surface area contributed by atoms with Crippen LogP contribution in [0.4, 0.5) is 5.69 Å². The first-order valence-corrected chi connectivity index (χ1v) is 6.61. The molecule has 112 valence electrons. The number of aryl methyl sites for hydroxylation is 1. The number of nitrogens with zero attached hydrogens (tertiary/aromatic N) is 2. The molecule has 1 amide bonds. The Hall–Kier alpha value is -3.09. The number of carbonyl (C=O) groups is 1. The van der Waals surface area contributed by atoms with Crippen LogP contribution in [0.1, 0.15) is 16.1 Å². The van der Waals surface area contributed by atoms with Gasteiger partial charge in [-0.3, -0.25) is 14.7 Å². The lowest BCUT2D eigenvalue weighted by molar-refractivity contribution is 0.102. The highest BCUT2D eigenvalue weighted by atomic mass is 16.5. The van der Waals surface area contributed by atoms with Crippen LogP contribution in [0.5, 0.6) is 5.75 Å². The summed E-state index contributed by atoms with van der Waals surface area (Å²) in [6.07, 6.45) is 1.46. The summed E-state index contributed by atoms with van der Waals surface area (Å²) in [5.41, 5.74) is 1.48. The number of ether oxygens (including phenoxy) is 1. The minimum atomic E-state index is -0.357. The van der Waals surface area contributed by atoms with E-state index in [1.807, 2.05) is 0 Å². The molecule has 3 aromatic rings. The summed E-state index contributed by atoms with van der Waals surface area (Å²) in [5.74, 6) is 0.284. The highest BCUT2D eigenvalue weighted by molar-refractivity contribution is 6.08. The van der Waals surface area contributed by atoms with E-state index in [1.165, 1.54) is 16.8 Å². The Balaban J connectivity index is 1.97. The van der Waals surface area contributed by atoms with Gasteiger partial charge in [0.25, 0.3) is 11.5 Å². The van der Waals surface area contributed by atoms with E-state index in [0.29, 0.717) is 28.3 Å². The van der Waals surface area contributed by atoms with Crippen LogP contribution in [0, 0.1) is 6.92 Å². The maximum absolute atomic E-state index is 12.4. The first-order valence-electron chi connectivity index (χ1n) is 6.61. The fourth-order valence-electron chi connectivity index (χ4n) is 2.16. The van der Waals surface area contributed by atoms with Crippen molar-refractivity contribution >= 4 is 17.2 Å². The standard InChI is InChI=1S/C15H14N4O3/c1-9-6-13(20)19-14(17-9)12(8-16-19)15(21)18-10-4-3-5-11(7-10)22-2/h3-8,16H,1-2H3,(H,18,21). The number of nitrogens with one attached hydrogen (secondary N) is 2. The predicted octanol–water partition coefficient (Wildman–Crippen LogP) is 1.59. The number of hydrogen-bond donors (Lipinski definition) is 2. The second-order valence-corrected chi connectivity index (χ2v) is 4.77. The zero-order valence-corrected chi connectivity index (χ0v) is 12.1. The molecular weight excluding hydrogens is 284 g/mol. The van der Waals surface area contributed by atoms with E-state index >= 15 is 0 Å². The van der Waals surface area contributed by atoms with Gasteiger partial charge in [-0.05, 0) is 19.1 Å². The van der Waals surface area contributed by atoms with Gasteiger partial charge >= 0.3 is 0 Å². The van der Waals surface area contributed by atoms with Crippen molar-refractivity contribution in [3.05, 3.63) is 58.1 Å². The van der Waals surface area contributed by atoms with Crippen LogP contribution in [0.25, 0.3) is 5.65 Å². The lowest BCUT2D eigenvalue weighted by atomic mass is 10.2. The molecule has 0 bridgehead atoms. The summed E-state index contributed by atoms with van der Waals surface area (Å²) in [7, 11) is 1.56. The fourth-order valence-corrected chi connectivity index (χ4v) is 2.16. The van der Waals surface area contributed by atoms with Gasteiger partial charge in [-0.15, -0.1) is 0 Å². The van der Waals surface area contributed by atoms with Crippen LogP contribution in [-0.2, 0) is 0 Å². The molecule has 0 saturated carbocycles. The maximum atomic E-state index is 12.4. The van der Waals surface area contributed by atoms with E-state index < -0.39 is 0 Å². The van der Waals surface area contributed by atoms with Crippen LogP contribution in [0.3, 0.4) is 0 Å².